The van der Waals surface area contributed by atoms with E-state index in [-0.39, 0.29) is 5.91 Å². The Morgan fingerprint density at radius 2 is 1.68 bits per heavy atom. The largest absolute Gasteiger partial charge is 0.288 e. The van der Waals surface area contributed by atoms with Crippen LogP contribution in [0.1, 0.15) is 26.3 Å². The average molecular weight is 297 g/mol. The highest BCUT2D eigenvalue weighted by molar-refractivity contribution is 5.95. The molecular weight excluding hydrogens is 282 g/mol. The zero-order chi connectivity index (χ0) is 15.9. The van der Waals surface area contributed by atoms with Crippen LogP contribution >= 0.6 is 0 Å². The van der Waals surface area contributed by atoms with E-state index in [0.717, 1.165) is 5.56 Å². The van der Waals surface area contributed by atoms with E-state index in [2.05, 4.69) is 5.10 Å². The lowest BCUT2D eigenvalue weighted by molar-refractivity contribution is 0.0706. The summed E-state index contributed by atoms with van der Waals surface area (Å²) >= 11 is 0. The van der Waals surface area contributed by atoms with E-state index in [0.29, 0.717) is 11.1 Å². The zero-order valence-electron chi connectivity index (χ0n) is 11.9. The molecule has 0 saturated carbocycles. The summed E-state index contributed by atoms with van der Waals surface area (Å²) in [6, 6.07) is 15.3. The van der Waals surface area contributed by atoms with Crippen molar-refractivity contribution >= 4 is 18.0 Å². The lowest BCUT2D eigenvalue weighted by Gasteiger charge is -2.10. The van der Waals surface area contributed by atoms with Gasteiger partial charge in [0.15, 0.2) is 0 Å². The van der Waals surface area contributed by atoms with Gasteiger partial charge in [-0.2, -0.15) is 5.10 Å². The molecule has 0 atom stereocenters. The molecular formula is C16H15N3O3. The molecule has 0 radical (unpaired) electrons. The summed E-state index contributed by atoms with van der Waals surface area (Å²) < 4.78 is 0. The van der Waals surface area contributed by atoms with Crippen molar-refractivity contribution in [3.8, 4) is 0 Å². The summed E-state index contributed by atoms with van der Waals surface area (Å²) in [6.07, 6.45) is 1.52. The third-order valence-electron chi connectivity index (χ3n) is 2.97. The number of hydroxylamine groups is 1. The summed E-state index contributed by atoms with van der Waals surface area (Å²) in [6.45, 7) is 0. The van der Waals surface area contributed by atoms with Gasteiger partial charge in [0, 0.05) is 18.2 Å². The molecule has 0 aromatic heterocycles. The van der Waals surface area contributed by atoms with Gasteiger partial charge in [-0.15, -0.1) is 0 Å². The number of nitrogens with zero attached hydrogens (tertiary/aromatic N) is 2. The predicted molar refractivity (Wildman–Crippen MR) is 81.8 cm³/mol. The molecule has 6 heteroatoms. The first-order valence-corrected chi connectivity index (χ1v) is 6.53. The van der Waals surface area contributed by atoms with Crippen LogP contribution < -0.4 is 5.48 Å². The first kappa shape index (κ1) is 15.4. The van der Waals surface area contributed by atoms with Gasteiger partial charge in [0.25, 0.3) is 11.8 Å². The molecule has 2 aromatic rings. The van der Waals surface area contributed by atoms with Crippen LogP contribution in [0.3, 0.4) is 0 Å². The van der Waals surface area contributed by atoms with Gasteiger partial charge in [0.1, 0.15) is 0 Å². The minimum Gasteiger partial charge on any atom is -0.288 e. The van der Waals surface area contributed by atoms with Crippen LogP contribution in [0.15, 0.2) is 59.7 Å². The molecule has 0 aliphatic heterocycles. The molecule has 6 nitrogen and oxygen atoms in total. The molecule has 0 bridgehead atoms. The van der Waals surface area contributed by atoms with Crippen molar-refractivity contribution in [2.24, 2.45) is 5.10 Å². The van der Waals surface area contributed by atoms with Crippen LogP contribution in [0.4, 0.5) is 0 Å². The van der Waals surface area contributed by atoms with Gasteiger partial charge in [0.2, 0.25) is 0 Å². The van der Waals surface area contributed by atoms with Crippen LogP contribution in [0, 0.1) is 0 Å². The quantitative estimate of drug-likeness (QED) is 0.514. The third kappa shape index (κ3) is 3.77. The summed E-state index contributed by atoms with van der Waals surface area (Å²) in [5.74, 6) is -0.798. The van der Waals surface area contributed by atoms with Crippen molar-refractivity contribution in [3.05, 3.63) is 71.3 Å². The Morgan fingerprint density at radius 3 is 2.27 bits per heavy atom. The number of amides is 2. The number of hydrazone groups is 1. The van der Waals surface area contributed by atoms with Crippen molar-refractivity contribution in [1.82, 2.24) is 10.5 Å². The minimum atomic E-state index is -0.583. The lowest BCUT2D eigenvalue weighted by atomic mass is 10.1. The molecule has 0 unspecified atom stereocenters. The second-order valence-electron chi connectivity index (χ2n) is 4.50. The van der Waals surface area contributed by atoms with Crippen molar-refractivity contribution < 1.29 is 14.8 Å². The third-order valence-corrected chi connectivity index (χ3v) is 2.97. The molecule has 0 saturated heterocycles. The molecule has 2 amide bonds. The van der Waals surface area contributed by atoms with E-state index in [1.807, 2.05) is 6.07 Å². The molecule has 0 spiro atoms. The maximum Gasteiger partial charge on any atom is 0.274 e. The number of hydrogen-bond donors (Lipinski definition) is 2. The standard InChI is InChI=1S/C16H15N3O3/c1-19(16(21)14-5-3-2-4-6-14)17-11-12-7-9-13(10-8-12)15(20)18-22/h2-11,22H,1H3,(H,18,20). The predicted octanol–water partition coefficient (Wildman–Crippen LogP) is 1.91. The minimum absolute atomic E-state index is 0.215. The Labute approximate surface area is 127 Å². The van der Waals surface area contributed by atoms with Crippen LogP contribution in [0.2, 0.25) is 0 Å². The number of carbonyl (C=O) groups is 2. The molecule has 2 rings (SSSR count). The number of rotatable bonds is 4. The maximum absolute atomic E-state index is 12.1. The molecule has 2 N–H and O–H groups in total. The van der Waals surface area contributed by atoms with Gasteiger partial charge in [0.05, 0.1) is 6.21 Å². The molecule has 0 fully saturated rings. The van der Waals surface area contributed by atoms with Crippen molar-refractivity contribution in [3.63, 3.8) is 0 Å². The number of carbonyl (C=O) groups excluding carboxylic acids is 2. The van der Waals surface area contributed by atoms with Crippen molar-refractivity contribution in [2.45, 2.75) is 0 Å². The SMILES string of the molecule is CN(N=Cc1ccc(C(=O)NO)cc1)C(=O)c1ccccc1. The highest BCUT2D eigenvalue weighted by atomic mass is 16.5. The lowest BCUT2D eigenvalue weighted by Crippen LogP contribution is -2.21. The van der Waals surface area contributed by atoms with E-state index < -0.39 is 5.91 Å². The van der Waals surface area contributed by atoms with Crippen LogP contribution in [0.25, 0.3) is 0 Å². The van der Waals surface area contributed by atoms with Gasteiger partial charge in [-0.1, -0.05) is 30.3 Å². The maximum atomic E-state index is 12.1. The topological polar surface area (TPSA) is 82.0 Å². The molecule has 0 heterocycles. The Bertz CT molecular complexity index is 682. The number of hydrogen-bond acceptors (Lipinski definition) is 4. The highest BCUT2D eigenvalue weighted by Gasteiger charge is 2.09. The van der Waals surface area contributed by atoms with E-state index in [4.69, 9.17) is 5.21 Å². The van der Waals surface area contributed by atoms with E-state index in [1.54, 1.807) is 61.1 Å². The van der Waals surface area contributed by atoms with Gasteiger partial charge >= 0.3 is 0 Å². The smallest absolute Gasteiger partial charge is 0.274 e. The first-order valence-electron chi connectivity index (χ1n) is 6.53. The van der Waals surface area contributed by atoms with Gasteiger partial charge in [-0.05, 0) is 29.8 Å². The monoisotopic (exact) mass is 297 g/mol. The average Bonchev–Trinajstić information content (AvgIpc) is 2.59. The van der Waals surface area contributed by atoms with E-state index >= 15 is 0 Å². The highest BCUT2D eigenvalue weighted by Crippen LogP contribution is 2.05. The Balaban J connectivity index is 2.05. The van der Waals surface area contributed by atoms with Crippen molar-refractivity contribution in [1.29, 1.82) is 0 Å². The van der Waals surface area contributed by atoms with Crippen LogP contribution in [-0.4, -0.2) is 35.3 Å². The Kier molecular flexibility index (Phi) is 5.00. The molecule has 0 aliphatic rings. The number of benzene rings is 2. The zero-order valence-corrected chi connectivity index (χ0v) is 11.9. The molecule has 112 valence electrons. The van der Waals surface area contributed by atoms with Gasteiger partial charge in [-0.3, -0.25) is 14.8 Å². The summed E-state index contributed by atoms with van der Waals surface area (Å²) in [4.78, 5) is 23.3. The normalized spacial score (nSPS) is 10.5. The van der Waals surface area contributed by atoms with E-state index in [9.17, 15) is 9.59 Å². The summed E-state index contributed by atoms with van der Waals surface area (Å²) in [5.41, 5.74) is 3.16. The molecule has 2 aromatic carbocycles. The van der Waals surface area contributed by atoms with Crippen LogP contribution in [0.5, 0.6) is 0 Å². The summed E-state index contributed by atoms with van der Waals surface area (Å²) in [5, 5.41) is 13.8. The van der Waals surface area contributed by atoms with Crippen LogP contribution in [-0.2, 0) is 0 Å². The van der Waals surface area contributed by atoms with Gasteiger partial charge in [-0.25, -0.2) is 10.5 Å². The number of nitrogens with one attached hydrogen (secondary N) is 1. The second kappa shape index (κ2) is 7.14. The van der Waals surface area contributed by atoms with Gasteiger partial charge < -0.3 is 0 Å². The van der Waals surface area contributed by atoms with Crippen molar-refractivity contribution in [2.75, 3.05) is 7.05 Å². The molecule has 0 aliphatic carbocycles. The Hall–Kier alpha value is -2.99. The fourth-order valence-corrected chi connectivity index (χ4v) is 1.76. The second-order valence-corrected chi connectivity index (χ2v) is 4.50. The fraction of sp³-hybridized carbons (Fsp3) is 0.0625. The fourth-order valence-electron chi connectivity index (χ4n) is 1.76. The Morgan fingerprint density at radius 1 is 1.05 bits per heavy atom. The molecule has 22 heavy (non-hydrogen) atoms. The van der Waals surface area contributed by atoms with E-state index in [1.165, 1.54) is 11.2 Å². The first-order chi connectivity index (χ1) is 10.6. The summed E-state index contributed by atoms with van der Waals surface area (Å²) in [7, 11) is 1.57.